The summed E-state index contributed by atoms with van der Waals surface area (Å²) in [7, 11) is -1.10. The summed E-state index contributed by atoms with van der Waals surface area (Å²) in [6, 6.07) is 0. The SMILES string of the molecule is O=[S@]1CC2CCOc3c(N4CCC(c5ncc(Cl)cn5)CC4)nc(NC4(CO)CCC4)c1c32. The van der Waals surface area contributed by atoms with E-state index in [1.54, 1.807) is 12.4 Å². The molecular formula is C23H28ClN5O3S. The second kappa shape index (κ2) is 8.36. The van der Waals surface area contributed by atoms with E-state index in [4.69, 9.17) is 21.3 Å². The maximum absolute atomic E-state index is 13.1. The molecule has 5 heterocycles. The molecule has 0 radical (unpaired) electrons. The highest BCUT2D eigenvalue weighted by atomic mass is 35.5. The van der Waals surface area contributed by atoms with Crippen LogP contribution in [-0.2, 0) is 10.8 Å². The van der Waals surface area contributed by atoms with Crippen LogP contribution in [0.3, 0.4) is 0 Å². The Hall–Kier alpha value is -1.97. The van der Waals surface area contributed by atoms with Crippen molar-refractivity contribution in [2.75, 3.05) is 42.3 Å². The van der Waals surface area contributed by atoms with Gasteiger partial charge in [0, 0.05) is 48.6 Å². The second-order valence-corrected chi connectivity index (χ2v) is 11.5. The minimum Gasteiger partial charge on any atom is -0.489 e. The number of hydrogen-bond donors (Lipinski definition) is 2. The number of nitrogens with one attached hydrogen (secondary N) is 1. The van der Waals surface area contributed by atoms with E-state index < -0.39 is 10.8 Å². The number of aromatic nitrogens is 3. The van der Waals surface area contributed by atoms with Gasteiger partial charge in [0.25, 0.3) is 0 Å². The lowest BCUT2D eigenvalue weighted by Gasteiger charge is -2.42. The largest absolute Gasteiger partial charge is 0.489 e. The standard InChI is InChI=1S/C23H28ClN5O3S/c24-16-10-25-20(26-11-16)14-2-7-29(8-3-14)22-18-17-15(4-9-32-18)12-33(31)19(17)21(27-22)28-23(13-30)5-1-6-23/h10-11,14-15,30H,1-9,12-13H2,(H,27,28)/t15?,33-/m0/s1. The van der Waals surface area contributed by atoms with Gasteiger partial charge in [0.1, 0.15) is 11.6 Å². The summed E-state index contributed by atoms with van der Waals surface area (Å²) < 4.78 is 19.3. The Morgan fingerprint density at radius 2 is 1.97 bits per heavy atom. The minimum absolute atomic E-state index is 0.0551. The topological polar surface area (TPSA) is 100 Å². The molecule has 1 saturated heterocycles. The van der Waals surface area contributed by atoms with Crippen molar-refractivity contribution in [3.05, 3.63) is 28.8 Å². The van der Waals surface area contributed by atoms with Gasteiger partial charge in [-0.3, -0.25) is 4.21 Å². The van der Waals surface area contributed by atoms with E-state index in [2.05, 4.69) is 20.2 Å². The highest BCUT2D eigenvalue weighted by Crippen LogP contribution is 2.51. The molecule has 4 aliphatic rings. The molecule has 0 amide bonds. The third kappa shape index (κ3) is 3.68. The van der Waals surface area contributed by atoms with Gasteiger partial charge >= 0.3 is 0 Å². The lowest BCUT2D eigenvalue weighted by Crippen LogP contribution is -2.48. The molecule has 2 aromatic heterocycles. The van der Waals surface area contributed by atoms with E-state index in [1.807, 2.05) is 0 Å². The zero-order chi connectivity index (χ0) is 22.6. The summed E-state index contributed by atoms with van der Waals surface area (Å²) in [6.45, 7) is 2.32. The number of anilines is 2. The van der Waals surface area contributed by atoms with Crippen LogP contribution in [0.2, 0.25) is 5.02 Å². The van der Waals surface area contributed by atoms with Crippen molar-refractivity contribution in [2.45, 2.75) is 60.8 Å². The van der Waals surface area contributed by atoms with Crippen LogP contribution in [0.15, 0.2) is 17.3 Å². The normalized spacial score (nSPS) is 25.8. The molecule has 1 unspecified atom stereocenters. The average Bonchev–Trinajstić information content (AvgIpc) is 3.16. The summed E-state index contributed by atoms with van der Waals surface area (Å²) in [4.78, 5) is 16.9. The van der Waals surface area contributed by atoms with Gasteiger partial charge in [0.05, 0.1) is 39.5 Å². The monoisotopic (exact) mass is 489 g/mol. The number of aliphatic hydroxyl groups is 1. The molecule has 10 heteroatoms. The summed E-state index contributed by atoms with van der Waals surface area (Å²) in [5.41, 5.74) is 0.716. The highest BCUT2D eigenvalue weighted by Gasteiger charge is 2.43. The van der Waals surface area contributed by atoms with Crippen LogP contribution in [0.4, 0.5) is 11.6 Å². The van der Waals surface area contributed by atoms with Gasteiger partial charge in [0.2, 0.25) is 0 Å². The van der Waals surface area contributed by atoms with Gasteiger partial charge in [-0.1, -0.05) is 11.6 Å². The van der Waals surface area contributed by atoms with Gasteiger partial charge in [-0.15, -0.1) is 0 Å². The average molecular weight is 490 g/mol. The van der Waals surface area contributed by atoms with Crippen molar-refractivity contribution in [1.82, 2.24) is 15.0 Å². The highest BCUT2D eigenvalue weighted by molar-refractivity contribution is 7.85. The molecule has 1 aliphatic carbocycles. The van der Waals surface area contributed by atoms with E-state index >= 15 is 0 Å². The first kappa shape index (κ1) is 21.6. The molecule has 2 fully saturated rings. The smallest absolute Gasteiger partial charge is 0.173 e. The molecule has 33 heavy (non-hydrogen) atoms. The van der Waals surface area contributed by atoms with Crippen LogP contribution in [-0.4, -0.2) is 61.9 Å². The van der Waals surface area contributed by atoms with Crippen molar-refractivity contribution in [3.8, 4) is 5.75 Å². The molecule has 1 saturated carbocycles. The Labute approximate surface area is 200 Å². The Bertz CT molecular complexity index is 1080. The number of hydrogen-bond acceptors (Lipinski definition) is 8. The fourth-order valence-electron chi connectivity index (χ4n) is 5.54. The van der Waals surface area contributed by atoms with Crippen LogP contribution < -0.4 is 15.0 Å². The van der Waals surface area contributed by atoms with Gasteiger partial charge in [-0.2, -0.15) is 0 Å². The maximum atomic E-state index is 13.1. The van der Waals surface area contributed by atoms with Gasteiger partial charge in [-0.25, -0.2) is 15.0 Å². The van der Waals surface area contributed by atoms with Crippen LogP contribution in [0.25, 0.3) is 0 Å². The molecule has 2 atom stereocenters. The van der Waals surface area contributed by atoms with E-state index in [0.29, 0.717) is 23.2 Å². The van der Waals surface area contributed by atoms with Gasteiger partial charge < -0.3 is 20.1 Å². The zero-order valence-corrected chi connectivity index (χ0v) is 20.0. The van der Waals surface area contributed by atoms with E-state index in [0.717, 1.165) is 79.5 Å². The van der Waals surface area contributed by atoms with Crippen molar-refractivity contribution in [3.63, 3.8) is 0 Å². The summed E-state index contributed by atoms with van der Waals surface area (Å²) >= 11 is 5.95. The lowest BCUT2D eigenvalue weighted by molar-refractivity contribution is 0.143. The Kier molecular flexibility index (Phi) is 5.46. The second-order valence-electron chi connectivity index (χ2n) is 9.64. The van der Waals surface area contributed by atoms with E-state index in [9.17, 15) is 9.32 Å². The van der Waals surface area contributed by atoms with Crippen molar-refractivity contribution in [1.29, 1.82) is 0 Å². The fourth-order valence-corrected chi connectivity index (χ4v) is 7.32. The van der Waals surface area contributed by atoms with Gasteiger partial charge in [0.15, 0.2) is 11.6 Å². The van der Waals surface area contributed by atoms with Crippen LogP contribution in [0, 0.1) is 0 Å². The molecule has 0 aromatic carbocycles. The third-order valence-corrected chi connectivity index (χ3v) is 9.39. The van der Waals surface area contributed by atoms with E-state index in [1.165, 1.54) is 0 Å². The molecule has 8 nitrogen and oxygen atoms in total. The molecule has 2 aromatic rings. The number of piperidine rings is 1. The fraction of sp³-hybridized carbons (Fsp3) is 0.609. The van der Waals surface area contributed by atoms with Crippen LogP contribution in [0.5, 0.6) is 5.75 Å². The first-order chi connectivity index (χ1) is 16.1. The van der Waals surface area contributed by atoms with Crippen molar-refractivity contribution >= 4 is 34.0 Å². The zero-order valence-electron chi connectivity index (χ0n) is 18.4. The van der Waals surface area contributed by atoms with Crippen molar-refractivity contribution < 1.29 is 14.1 Å². The number of pyridine rings is 1. The number of aliphatic hydroxyl groups excluding tert-OH is 1. The molecule has 0 spiro atoms. The quantitative estimate of drug-likeness (QED) is 0.660. The number of nitrogens with zero attached hydrogens (tertiary/aromatic N) is 4. The first-order valence-corrected chi connectivity index (χ1v) is 13.5. The van der Waals surface area contributed by atoms with E-state index in [-0.39, 0.29) is 24.0 Å². The molecule has 0 bridgehead atoms. The Balaban J connectivity index is 1.33. The molecule has 6 rings (SSSR count). The number of ether oxygens (including phenoxy) is 1. The number of rotatable bonds is 5. The maximum Gasteiger partial charge on any atom is 0.173 e. The summed E-state index contributed by atoms with van der Waals surface area (Å²) in [5, 5.41) is 14.1. The Morgan fingerprint density at radius 1 is 1.21 bits per heavy atom. The molecule has 3 aliphatic heterocycles. The van der Waals surface area contributed by atoms with Crippen LogP contribution >= 0.6 is 11.6 Å². The molecule has 176 valence electrons. The predicted octanol–water partition coefficient (Wildman–Crippen LogP) is 3.22. The lowest BCUT2D eigenvalue weighted by atomic mass is 9.77. The number of halogens is 1. The summed E-state index contributed by atoms with van der Waals surface area (Å²) in [6.07, 6.45) is 8.91. The molecular weight excluding hydrogens is 462 g/mol. The first-order valence-electron chi connectivity index (χ1n) is 11.8. The Morgan fingerprint density at radius 3 is 2.64 bits per heavy atom. The van der Waals surface area contributed by atoms with Gasteiger partial charge in [-0.05, 0) is 38.5 Å². The predicted molar refractivity (Wildman–Crippen MR) is 127 cm³/mol. The summed E-state index contributed by atoms with van der Waals surface area (Å²) in [5.74, 6) is 4.33. The van der Waals surface area contributed by atoms with Crippen molar-refractivity contribution in [2.24, 2.45) is 0 Å². The van der Waals surface area contributed by atoms with Crippen LogP contribution in [0.1, 0.15) is 61.7 Å². The minimum atomic E-state index is -1.10. The third-order valence-electron chi connectivity index (χ3n) is 7.62. The molecule has 2 N–H and O–H groups in total.